The van der Waals surface area contributed by atoms with Crippen molar-refractivity contribution in [2.24, 2.45) is 5.92 Å². The van der Waals surface area contributed by atoms with Crippen LogP contribution in [0.25, 0.3) is 10.8 Å². The number of carbonyl (C=O) groups is 1. The van der Waals surface area contributed by atoms with Gasteiger partial charge in [-0.05, 0) is 121 Å². The van der Waals surface area contributed by atoms with E-state index in [1.165, 1.54) is 13.2 Å². The van der Waals surface area contributed by atoms with Crippen LogP contribution in [-0.2, 0) is 30.5 Å². The molecule has 2 heterocycles. The number of anilines is 2. The van der Waals surface area contributed by atoms with Crippen molar-refractivity contribution in [2.45, 2.75) is 51.0 Å². The molecular weight excluding hydrogens is 624 g/mol. The normalized spacial score (nSPS) is 13.7. The zero-order chi connectivity index (χ0) is 34.5. The Morgan fingerprint density at radius 3 is 2.57 bits per heavy atom. The first-order valence-corrected chi connectivity index (χ1v) is 16.4. The van der Waals surface area contributed by atoms with Gasteiger partial charge in [-0.2, -0.15) is 0 Å². The largest absolute Gasteiger partial charge is 0.508 e. The number of aromatic hydroxyl groups is 4. The lowest BCUT2D eigenvalue weighted by molar-refractivity contribution is -0.126. The van der Waals surface area contributed by atoms with Gasteiger partial charge in [0.15, 0.2) is 23.0 Å². The molecule has 0 amide bonds. The molecule has 0 fully saturated rings. The molecule has 254 valence electrons. The minimum atomic E-state index is -0.967. The summed E-state index contributed by atoms with van der Waals surface area (Å²) in [4.78, 5) is 18.3. The lowest BCUT2D eigenvalue weighted by Crippen LogP contribution is -2.31. The van der Waals surface area contributed by atoms with Crippen LogP contribution in [0, 0.1) is 5.92 Å². The SMILES string of the molecule is COc1cc(CCC(=O)[C@H](Cc2ccnc(Nc3ccc4cc(O)ccc4c3)c2)[C@H](O)CCc2ccc(O)c3c2CCCO3)cc(O)c1O. The molecule has 6 rings (SSSR count). The van der Waals surface area contributed by atoms with Crippen LogP contribution in [0.3, 0.4) is 0 Å². The molecule has 0 bridgehead atoms. The first-order chi connectivity index (χ1) is 23.7. The molecular formula is C39H40N2O8. The number of hydrogen-bond donors (Lipinski definition) is 6. The van der Waals surface area contributed by atoms with Crippen molar-refractivity contribution in [3.05, 3.63) is 101 Å². The number of fused-ring (bicyclic) bond motifs is 2. The third-order valence-corrected chi connectivity index (χ3v) is 9.11. The number of ether oxygens (including phenoxy) is 2. The second-order valence-corrected chi connectivity index (χ2v) is 12.5. The summed E-state index contributed by atoms with van der Waals surface area (Å²) < 4.78 is 10.9. The number of aryl methyl sites for hydroxylation is 2. The van der Waals surface area contributed by atoms with Gasteiger partial charge in [-0.15, -0.1) is 0 Å². The van der Waals surface area contributed by atoms with E-state index in [2.05, 4.69) is 10.3 Å². The number of ketones is 1. The monoisotopic (exact) mass is 664 g/mol. The summed E-state index contributed by atoms with van der Waals surface area (Å²) in [7, 11) is 1.39. The van der Waals surface area contributed by atoms with E-state index in [0.717, 1.165) is 46.0 Å². The van der Waals surface area contributed by atoms with Crippen LogP contribution in [0.2, 0.25) is 0 Å². The zero-order valence-corrected chi connectivity index (χ0v) is 27.2. The van der Waals surface area contributed by atoms with Crippen LogP contribution in [0.5, 0.6) is 34.5 Å². The molecule has 0 aliphatic carbocycles. The summed E-state index contributed by atoms with van der Waals surface area (Å²) in [6, 6.07) is 21.1. The van der Waals surface area contributed by atoms with Crippen molar-refractivity contribution in [2.75, 3.05) is 19.0 Å². The highest BCUT2D eigenvalue weighted by molar-refractivity contribution is 5.87. The summed E-state index contributed by atoms with van der Waals surface area (Å²) in [5, 5.41) is 57.0. The summed E-state index contributed by atoms with van der Waals surface area (Å²) in [5.74, 6) is -0.0706. The standard InChI is InChI=1S/C39H40N2O8/c1-48-36-19-23(18-35(46)38(36)47)4-11-32(43)31(33(44)12-7-25-8-13-34(45)39-30(25)3-2-16-49-39)17-24-14-15-40-37(20-24)41-28-9-5-27-22-29(42)10-6-26(27)21-28/h5-6,8-10,13-15,18-22,31,33,42,44-47H,2-4,7,11-12,16-17H2,1H3,(H,40,41)/t31-,33+/m0/s1. The highest BCUT2D eigenvalue weighted by Crippen LogP contribution is 2.38. The van der Waals surface area contributed by atoms with Crippen molar-refractivity contribution in [3.63, 3.8) is 0 Å². The number of nitrogens with zero attached hydrogens (tertiary/aromatic N) is 1. The van der Waals surface area contributed by atoms with Gasteiger partial charge in [0.05, 0.1) is 19.8 Å². The Morgan fingerprint density at radius 2 is 1.73 bits per heavy atom. The van der Waals surface area contributed by atoms with E-state index in [1.54, 1.807) is 30.5 Å². The average Bonchev–Trinajstić information content (AvgIpc) is 3.11. The predicted octanol–water partition coefficient (Wildman–Crippen LogP) is 6.49. The van der Waals surface area contributed by atoms with E-state index >= 15 is 0 Å². The van der Waals surface area contributed by atoms with Gasteiger partial charge >= 0.3 is 0 Å². The topological polar surface area (TPSA) is 162 Å². The molecule has 0 saturated heterocycles. The van der Waals surface area contributed by atoms with Crippen LogP contribution in [0.15, 0.2) is 79.0 Å². The van der Waals surface area contributed by atoms with Crippen molar-refractivity contribution in [1.29, 1.82) is 0 Å². The summed E-state index contributed by atoms with van der Waals surface area (Å²) in [5.41, 5.74) is 4.16. The molecule has 10 nitrogen and oxygen atoms in total. The van der Waals surface area contributed by atoms with Crippen molar-refractivity contribution in [3.8, 4) is 34.5 Å². The molecule has 1 aliphatic heterocycles. The molecule has 2 atom stereocenters. The predicted molar refractivity (Wildman–Crippen MR) is 186 cm³/mol. The lowest BCUT2D eigenvalue weighted by Gasteiger charge is -2.24. The van der Waals surface area contributed by atoms with E-state index in [4.69, 9.17) is 9.47 Å². The average molecular weight is 665 g/mol. The van der Waals surface area contributed by atoms with Gasteiger partial charge in [0.2, 0.25) is 5.75 Å². The van der Waals surface area contributed by atoms with Gasteiger partial charge < -0.3 is 40.3 Å². The number of benzene rings is 4. The Labute approximate surface area is 284 Å². The third kappa shape index (κ3) is 7.81. The Kier molecular flexibility index (Phi) is 10.1. The number of methoxy groups -OCH3 is 1. The van der Waals surface area contributed by atoms with Crippen LogP contribution in [-0.4, -0.2) is 56.1 Å². The first kappa shape index (κ1) is 33.4. The number of aliphatic hydroxyl groups excluding tert-OH is 1. The van der Waals surface area contributed by atoms with Crippen molar-refractivity contribution < 1.29 is 39.8 Å². The van der Waals surface area contributed by atoms with Crippen LogP contribution in [0.1, 0.15) is 41.5 Å². The molecule has 49 heavy (non-hydrogen) atoms. The van der Waals surface area contributed by atoms with Gasteiger partial charge in [-0.1, -0.05) is 18.2 Å². The first-order valence-electron chi connectivity index (χ1n) is 16.4. The number of hydrogen-bond acceptors (Lipinski definition) is 10. The Morgan fingerprint density at radius 1 is 0.918 bits per heavy atom. The highest BCUT2D eigenvalue weighted by Gasteiger charge is 2.28. The van der Waals surface area contributed by atoms with Crippen LogP contribution in [0.4, 0.5) is 11.5 Å². The molecule has 4 aromatic carbocycles. The second kappa shape index (κ2) is 14.7. The lowest BCUT2D eigenvalue weighted by atomic mass is 9.84. The molecule has 0 unspecified atom stereocenters. The molecule has 0 radical (unpaired) electrons. The molecule has 0 spiro atoms. The molecule has 10 heteroatoms. The van der Waals surface area contributed by atoms with E-state index in [-0.39, 0.29) is 53.8 Å². The maximum Gasteiger partial charge on any atom is 0.200 e. The molecule has 0 saturated carbocycles. The van der Waals surface area contributed by atoms with E-state index in [0.29, 0.717) is 36.6 Å². The maximum absolute atomic E-state index is 13.9. The minimum Gasteiger partial charge on any atom is -0.508 e. The molecule has 1 aromatic heterocycles. The number of aliphatic hydroxyl groups is 1. The summed E-state index contributed by atoms with van der Waals surface area (Å²) in [6.07, 6.45) is 3.78. The smallest absolute Gasteiger partial charge is 0.200 e. The summed E-state index contributed by atoms with van der Waals surface area (Å²) in [6.45, 7) is 0.544. The highest BCUT2D eigenvalue weighted by atomic mass is 16.5. The maximum atomic E-state index is 13.9. The van der Waals surface area contributed by atoms with E-state index in [9.17, 15) is 30.3 Å². The Balaban J connectivity index is 1.21. The van der Waals surface area contributed by atoms with Crippen molar-refractivity contribution >= 4 is 28.1 Å². The van der Waals surface area contributed by atoms with Gasteiger partial charge in [0.1, 0.15) is 17.4 Å². The Bertz CT molecular complexity index is 1980. The number of pyridine rings is 1. The van der Waals surface area contributed by atoms with Gasteiger partial charge in [-0.3, -0.25) is 4.79 Å². The fraction of sp³-hybridized carbons (Fsp3) is 0.282. The number of rotatable bonds is 13. The fourth-order valence-corrected chi connectivity index (χ4v) is 6.50. The quantitative estimate of drug-likeness (QED) is 0.0768. The molecule has 1 aliphatic rings. The van der Waals surface area contributed by atoms with Crippen LogP contribution >= 0.6 is 0 Å². The third-order valence-electron chi connectivity index (χ3n) is 9.11. The van der Waals surface area contributed by atoms with E-state index in [1.807, 2.05) is 42.5 Å². The number of phenols is 4. The molecule has 6 N–H and O–H groups in total. The van der Waals surface area contributed by atoms with Gasteiger partial charge in [0, 0.05) is 29.8 Å². The Hall–Kier alpha value is -5.48. The number of phenolic OH excluding ortho intramolecular Hbond substituents is 4. The number of Topliss-reactive ketones (excluding diaryl/α,β-unsaturated/α-hetero) is 1. The number of carbonyl (C=O) groups excluding carboxylic acids is 1. The zero-order valence-electron chi connectivity index (χ0n) is 27.2. The van der Waals surface area contributed by atoms with Crippen molar-refractivity contribution in [1.82, 2.24) is 4.98 Å². The van der Waals surface area contributed by atoms with Gasteiger partial charge in [0.25, 0.3) is 0 Å². The second-order valence-electron chi connectivity index (χ2n) is 12.5. The molecule has 5 aromatic rings. The number of nitrogens with one attached hydrogen (secondary N) is 1. The van der Waals surface area contributed by atoms with E-state index < -0.39 is 12.0 Å². The number of aromatic nitrogens is 1. The minimum absolute atomic E-state index is 0.0976. The fourth-order valence-electron chi connectivity index (χ4n) is 6.50. The van der Waals surface area contributed by atoms with Crippen LogP contribution < -0.4 is 14.8 Å². The summed E-state index contributed by atoms with van der Waals surface area (Å²) >= 11 is 0. The van der Waals surface area contributed by atoms with Gasteiger partial charge in [-0.25, -0.2) is 4.98 Å².